The van der Waals surface area contributed by atoms with Gasteiger partial charge in [-0.3, -0.25) is 9.48 Å². The number of carbonyl (C=O) groups excluding carboxylic acids is 1. The Morgan fingerprint density at radius 1 is 1.38 bits per heavy atom. The van der Waals surface area contributed by atoms with Gasteiger partial charge < -0.3 is 10.2 Å². The third kappa shape index (κ3) is 3.24. The summed E-state index contributed by atoms with van der Waals surface area (Å²) >= 11 is 7.50. The Kier molecular flexibility index (Phi) is 4.73. The van der Waals surface area contributed by atoms with Gasteiger partial charge in [0.1, 0.15) is 4.83 Å². The van der Waals surface area contributed by atoms with Gasteiger partial charge in [0.25, 0.3) is 5.91 Å². The molecule has 1 fully saturated rings. The predicted octanol–water partition coefficient (Wildman–Crippen LogP) is 3.54. The Bertz CT molecular complexity index is 947. The molecule has 0 unspecified atom stereocenters. The van der Waals surface area contributed by atoms with Crippen LogP contribution in [-0.4, -0.2) is 46.3 Å². The van der Waals surface area contributed by atoms with Gasteiger partial charge in [-0.1, -0.05) is 23.7 Å². The SMILES string of the molecule is Cc1nn(Cc2ccc(Cl)cc2)c2sc(C(=O)N3CCNC[C@@H]3C)cc12. The number of benzene rings is 1. The molecule has 0 saturated carbocycles. The van der Waals surface area contributed by atoms with Crippen molar-refractivity contribution in [1.82, 2.24) is 20.0 Å². The topological polar surface area (TPSA) is 50.2 Å². The number of amides is 1. The molecule has 5 nitrogen and oxygen atoms in total. The first kappa shape index (κ1) is 17.5. The summed E-state index contributed by atoms with van der Waals surface area (Å²) in [5.41, 5.74) is 2.09. The van der Waals surface area contributed by atoms with Crippen LogP contribution in [0.2, 0.25) is 5.02 Å². The highest BCUT2D eigenvalue weighted by molar-refractivity contribution is 7.20. The van der Waals surface area contributed by atoms with E-state index in [1.165, 1.54) is 11.3 Å². The van der Waals surface area contributed by atoms with E-state index in [-0.39, 0.29) is 11.9 Å². The van der Waals surface area contributed by atoms with E-state index in [0.717, 1.165) is 51.0 Å². The van der Waals surface area contributed by atoms with Gasteiger partial charge >= 0.3 is 0 Å². The summed E-state index contributed by atoms with van der Waals surface area (Å²) in [6.45, 7) is 7.20. The molecule has 136 valence electrons. The van der Waals surface area contributed by atoms with Crippen LogP contribution in [0.4, 0.5) is 0 Å². The van der Waals surface area contributed by atoms with E-state index in [0.29, 0.717) is 6.54 Å². The minimum absolute atomic E-state index is 0.123. The minimum Gasteiger partial charge on any atom is -0.333 e. The third-order valence-corrected chi connectivity index (χ3v) is 6.21. The molecule has 7 heteroatoms. The van der Waals surface area contributed by atoms with Crippen molar-refractivity contribution in [3.8, 4) is 0 Å². The number of piperazine rings is 1. The molecule has 0 radical (unpaired) electrons. The zero-order valence-electron chi connectivity index (χ0n) is 14.8. The first-order chi connectivity index (χ1) is 12.5. The van der Waals surface area contributed by atoms with E-state index in [9.17, 15) is 4.79 Å². The zero-order chi connectivity index (χ0) is 18.3. The lowest BCUT2D eigenvalue weighted by Crippen LogP contribution is -2.52. The number of nitrogens with zero attached hydrogens (tertiary/aromatic N) is 3. The number of thiophene rings is 1. The predicted molar refractivity (Wildman–Crippen MR) is 106 cm³/mol. The molecule has 0 aliphatic carbocycles. The Morgan fingerprint density at radius 2 is 2.15 bits per heavy atom. The van der Waals surface area contributed by atoms with Gasteiger partial charge in [0.2, 0.25) is 0 Å². The Hall–Kier alpha value is -1.89. The van der Waals surface area contributed by atoms with Crippen molar-refractivity contribution in [3.63, 3.8) is 0 Å². The normalized spacial score (nSPS) is 17.8. The summed E-state index contributed by atoms with van der Waals surface area (Å²) in [6, 6.07) is 10.0. The van der Waals surface area contributed by atoms with Crippen LogP contribution < -0.4 is 5.32 Å². The maximum absolute atomic E-state index is 13.0. The number of nitrogens with one attached hydrogen (secondary N) is 1. The highest BCUT2D eigenvalue weighted by atomic mass is 35.5. The van der Waals surface area contributed by atoms with Crippen LogP contribution in [0.3, 0.4) is 0 Å². The average Bonchev–Trinajstić information content (AvgIpc) is 3.19. The average molecular weight is 389 g/mol. The van der Waals surface area contributed by atoms with E-state index in [1.807, 2.05) is 46.8 Å². The molecular weight excluding hydrogens is 368 g/mol. The van der Waals surface area contributed by atoms with E-state index in [4.69, 9.17) is 11.6 Å². The molecule has 26 heavy (non-hydrogen) atoms. The summed E-state index contributed by atoms with van der Waals surface area (Å²) < 4.78 is 1.98. The van der Waals surface area contributed by atoms with Crippen molar-refractivity contribution < 1.29 is 4.79 Å². The van der Waals surface area contributed by atoms with E-state index in [1.54, 1.807) is 0 Å². The molecule has 0 spiro atoms. The summed E-state index contributed by atoms with van der Waals surface area (Å²) in [7, 11) is 0. The second kappa shape index (κ2) is 7.02. The van der Waals surface area contributed by atoms with Crippen molar-refractivity contribution in [2.24, 2.45) is 0 Å². The molecule has 1 saturated heterocycles. The number of halogens is 1. The molecule has 0 bridgehead atoms. The second-order valence-corrected chi connectivity index (χ2v) is 8.22. The number of fused-ring (bicyclic) bond motifs is 1. The molecule has 4 rings (SSSR count). The van der Waals surface area contributed by atoms with Crippen LogP contribution in [0.1, 0.15) is 27.9 Å². The summed E-state index contributed by atoms with van der Waals surface area (Å²) in [6.07, 6.45) is 0. The quantitative estimate of drug-likeness (QED) is 0.746. The molecule has 1 aromatic carbocycles. The standard InChI is InChI=1S/C19H21ClN4OS/c1-12-10-21-7-8-23(12)18(25)17-9-16-13(2)22-24(19(16)26-17)11-14-3-5-15(20)6-4-14/h3-6,9,12,21H,7-8,10-11H2,1-2H3/t12-/m0/s1. The number of hydrogen-bond acceptors (Lipinski definition) is 4. The number of rotatable bonds is 3. The van der Waals surface area contributed by atoms with Crippen molar-refractivity contribution in [3.05, 3.63) is 51.5 Å². The van der Waals surface area contributed by atoms with Crippen LogP contribution in [0.15, 0.2) is 30.3 Å². The molecule has 1 N–H and O–H groups in total. The lowest BCUT2D eigenvalue weighted by Gasteiger charge is -2.33. The van der Waals surface area contributed by atoms with Crippen molar-refractivity contribution in [2.75, 3.05) is 19.6 Å². The third-order valence-electron chi connectivity index (χ3n) is 4.83. The molecule has 2 aromatic heterocycles. The van der Waals surface area contributed by atoms with Gasteiger partial charge in [-0.05, 0) is 37.6 Å². The van der Waals surface area contributed by atoms with Crippen LogP contribution in [0, 0.1) is 6.92 Å². The van der Waals surface area contributed by atoms with Gasteiger partial charge in [-0.2, -0.15) is 5.10 Å². The van der Waals surface area contributed by atoms with Gasteiger partial charge in [0, 0.05) is 36.1 Å². The highest BCUT2D eigenvalue weighted by Gasteiger charge is 2.26. The van der Waals surface area contributed by atoms with Crippen LogP contribution in [0.25, 0.3) is 10.2 Å². The van der Waals surface area contributed by atoms with Crippen molar-refractivity contribution in [1.29, 1.82) is 0 Å². The number of carbonyl (C=O) groups is 1. The maximum atomic E-state index is 13.0. The fourth-order valence-corrected chi connectivity index (χ4v) is 4.62. The van der Waals surface area contributed by atoms with Gasteiger partial charge in [0.05, 0.1) is 17.1 Å². The monoisotopic (exact) mass is 388 g/mol. The molecule has 3 heterocycles. The summed E-state index contributed by atoms with van der Waals surface area (Å²) in [5.74, 6) is 0.123. The number of aromatic nitrogens is 2. The molecule has 1 atom stereocenters. The van der Waals surface area contributed by atoms with Crippen LogP contribution in [0.5, 0.6) is 0 Å². The largest absolute Gasteiger partial charge is 0.333 e. The first-order valence-electron chi connectivity index (χ1n) is 8.76. The molecule has 1 amide bonds. The molecule has 1 aliphatic rings. The van der Waals surface area contributed by atoms with Crippen LogP contribution in [-0.2, 0) is 6.54 Å². The fourth-order valence-electron chi connectivity index (χ4n) is 3.37. The molecule has 1 aliphatic heterocycles. The summed E-state index contributed by atoms with van der Waals surface area (Å²) in [4.78, 5) is 16.8. The zero-order valence-corrected chi connectivity index (χ0v) is 16.4. The van der Waals surface area contributed by atoms with Gasteiger partial charge in [0.15, 0.2) is 0 Å². The van der Waals surface area contributed by atoms with Crippen LogP contribution >= 0.6 is 22.9 Å². The molecular formula is C19H21ClN4OS. The number of aryl methyl sites for hydroxylation is 1. The van der Waals surface area contributed by atoms with E-state index in [2.05, 4.69) is 17.3 Å². The molecule has 3 aromatic rings. The van der Waals surface area contributed by atoms with Gasteiger partial charge in [-0.15, -0.1) is 11.3 Å². The van der Waals surface area contributed by atoms with Crippen molar-refractivity contribution in [2.45, 2.75) is 26.4 Å². The Morgan fingerprint density at radius 3 is 2.88 bits per heavy atom. The minimum atomic E-state index is 0.123. The van der Waals surface area contributed by atoms with E-state index >= 15 is 0 Å². The smallest absolute Gasteiger partial charge is 0.264 e. The Balaban J connectivity index is 1.64. The first-order valence-corrected chi connectivity index (χ1v) is 9.95. The highest BCUT2D eigenvalue weighted by Crippen LogP contribution is 2.30. The lowest BCUT2D eigenvalue weighted by atomic mass is 10.2. The van der Waals surface area contributed by atoms with E-state index < -0.39 is 0 Å². The van der Waals surface area contributed by atoms with Crippen molar-refractivity contribution >= 4 is 39.1 Å². The van der Waals surface area contributed by atoms with Gasteiger partial charge in [-0.25, -0.2) is 0 Å². The maximum Gasteiger partial charge on any atom is 0.264 e. The summed E-state index contributed by atoms with van der Waals surface area (Å²) in [5, 5.41) is 9.77. The Labute approximate surface area is 161 Å². The number of hydrogen-bond donors (Lipinski definition) is 1. The lowest BCUT2D eigenvalue weighted by molar-refractivity contribution is 0.0661. The fraction of sp³-hybridized carbons (Fsp3) is 0.368. The second-order valence-electron chi connectivity index (χ2n) is 6.75.